The molecule has 0 spiro atoms. The lowest BCUT2D eigenvalue weighted by Crippen LogP contribution is -2.29. The Bertz CT molecular complexity index is 562. The summed E-state index contributed by atoms with van der Waals surface area (Å²) in [5, 5.41) is 13.4. The zero-order valence-electron chi connectivity index (χ0n) is 13.1. The Morgan fingerprint density at radius 3 is 2.67 bits per heavy atom. The third-order valence-corrected chi connectivity index (χ3v) is 3.68. The molecule has 21 heavy (non-hydrogen) atoms. The second-order valence-electron chi connectivity index (χ2n) is 5.60. The first kappa shape index (κ1) is 16.0. The molecule has 1 unspecified atom stereocenters. The summed E-state index contributed by atoms with van der Waals surface area (Å²) in [6, 6.07) is 8.30. The highest BCUT2D eigenvalue weighted by Crippen LogP contribution is 2.32. The molecule has 1 aromatic heterocycles. The molecule has 0 aliphatic rings. The van der Waals surface area contributed by atoms with Crippen LogP contribution in [0.5, 0.6) is 0 Å². The van der Waals surface area contributed by atoms with Crippen molar-refractivity contribution in [1.82, 2.24) is 5.32 Å². The number of ether oxygens (including phenoxy) is 1. The van der Waals surface area contributed by atoms with Crippen LogP contribution in [0.1, 0.15) is 31.2 Å². The lowest BCUT2D eigenvalue weighted by Gasteiger charge is -2.21. The predicted molar refractivity (Wildman–Crippen MR) is 84.4 cm³/mol. The summed E-state index contributed by atoms with van der Waals surface area (Å²) < 4.78 is 11.4. The van der Waals surface area contributed by atoms with Gasteiger partial charge in [-0.3, -0.25) is 0 Å². The van der Waals surface area contributed by atoms with E-state index in [1.165, 1.54) is 10.9 Å². The maximum absolute atomic E-state index is 8.70. The molecule has 0 aliphatic heterocycles. The van der Waals surface area contributed by atoms with Crippen LogP contribution in [0.25, 0.3) is 11.0 Å². The number of nitrogens with one attached hydrogen (secondary N) is 1. The number of aliphatic hydroxyl groups excluding tert-OH is 1. The second kappa shape index (κ2) is 7.59. The van der Waals surface area contributed by atoms with Gasteiger partial charge in [0.05, 0.1) is 25.9 Å². The maximum atomic E-state index is 8.70. The minimum absolute atomic E-state index is 0.0658. The van der Waals surface area contributed by atoms with Gasteiger partial charge >= 0.3 is 0 Å². The van der Waals surface area contributed by atoms with Crippen molar-refractivity contribution >= 4 is 11.0 Å². The SMILES string of the molecule is Cc1c(C(NCCOCCO)C(C)C)oc2ccccc12. The highest BCUT2D eigenvalue weighted by molar-refractivity contribution is 5.82. The summed E-state index contributed by atoms with van der Waals surface area (Å²) in [6.07, 6.45) is 0. The third kappa shape index (κ3) is 3.84. The molecule has 4 heteroatoms. The fraction of sp³-hybridized carbons (Fsp3) is 0.529. The molecule has 0 bridgehead atoms. The van der Waals surface area contributed by atoms with Gasteiger partial charge in [-0.05, 0) is 24.5 Å². The van der Waals surface area contributed by atoms with Crippen LogP contribution in [0.4, 0.5) is 0 Å². The van der Waals surface area contributed by atoms with Crippen LogP contribution in [0.3, 0.4) is 0 Å². The fourth-order valence-electron chi connectivity index (χ4n) is 2.57. The van der Waals surface area contributed by atoms with Gasteiger partial charge < -0.3 is 19.6 Å². The summed E-state index contributed by atoms with van der Waals surface area (Å²) in [7, 11) is 0. The van der Waals surface area contributed by atoms with Gasteiger partial charge in [-0.2, -0.15) is 0 Å². The number of hydrogen-bond acceptors (Lipinski definition) is 4. The van der Waals surface area contributed by atoms with E-state index in [1.54, 1.807) is 0 Å². The van der Waals surface area contributed by atoms with E-state index in [1.807, 2.05) is 18.2 Å². The Morgan fingerprint density at radius 2 is 2.00 bits per heavy atom. The molecule has 2 aromatic rings. The number of rotatable bonds is 8. The zero-order valence-corrected chi connectivity index (χ0v) is 13.1. The normalized spacial score (nSPS) is 13.2. The fourth-order valence-corrected chi connectivity index (χ4v) is 2.57. The van der Waals surface area contributed by atoms with Crippen LogP contribution in [0, 0.1) is 12.8 Å². The number of benzene rings is 1. The highest BCUT2D eigenvalue weighted by Gasteiger charge is 2.22. The van der Waals surface area contributed by atoms with E-state index in [0.717, 1.165) is 17.9 Å². The standard InChI is InChI=1S/C17H25NO3/c1-12(2)16(18-8-10-20-11-9-19)17-13(3)14-6-4-5-7-15(14)21-17/h4-7,12,16,18-19H,8-11H2,1-3H3. The number of aliphatic hydroxyl groups is 1. The van der Waals surface area contributed by atoms with Gasteiger partial charge in [-0.25, -0.2) is 0 Å². The quantitative estimate of drug-likeness (QED) is 0.734. The predicted octanol–water partition coefficient (Wildman–Crippen LogP) is 3.04. The maximum Gasteiger partial charge on any atom is 0.134 e. The molecule has 0 aliphatic carbocycles. The number of para-hydroxylation sites is 1. The molecule has 2 rings (SSSR count). The molecular formula is C17H25NO3. The average molecular weight is 291 g/mol. The average Bonchev–Trinajstić information content (AvgIpc) is 2.80. The molecule has 1 aromatic carbocycles. The Kier molecular flexibility index (Phi) is 5.79. The van der Waals surface area contributed by atoms with E-state index in [9.17, 15) is 0 Å². The molecule has 1 atom stereocenters. The number of hydrogen-bond donors (Lipinski definition) is 2. The Labute approximate surface area is 126 Å². The zero-order chi connectivity index (χ0) is 15.2. The van der Waals surface area contributed by atoms with E-state index >= 15 is 0 Å². The van der Waals surface area contributed by atoms with Crippen LogP contribution >= 0.6 is 0 Å². The largest absolute Gasteiger partial charge is 0.459 e. The van der Waals surface area contributed by atoms with E-state index in [4.69, 9.17) is 14.3 Å². The molecule has 0 radical (unpaired) electrons. The number of aryl methyl sites for hydroxylation is 1. The Balaban J connectivity index is 2.11. The van der Waals surface area contributed by atoms with Crippen LogP contribution in [0.2, 0.25) is 0 Å². The third-order valence-electron chi connectivity index (χ3n) is 3.68. The van der Waals surface area contributed by atoms with Gasteiger partial charge in [0.2, 0.25) is 0 Å². The monoisotopic (exact) mass is 291 g/mol. The topological polar surface area (TPSA) is 54.6 Å². The molecular weight excluding hydrogens is 266 g/mol. The molecule has 1 heterocycles. The van der Waals surface area contributed by atoms with Crippen LogP contribution in [-0.2, 0) is 4.74 Å². The van der Waals surface area contributed by atoms with Crippen molar-refractivity contribution in [2.45, 2.75) is 26.8 Å². The van der Waals surface area contributed by atoms with Crippen molar-refractivity contribution in [1.29, 1.82) is 0 Å². The second-order valence-corrected chi connectivity index (χ2v) is 5.60. The summed E-state index contributed by atoms with van der Waals surface area (Å²) in [5.74, 6) is 1.43. The molecule has 0 saturated carbocycles. The van der Waals surface area contributed by atoms with Crippen LogP contribution < -0.4 is 5.32 Å². The molecule has 0 fully saturated rings. The van der Waals surface area contributed by atoms with Gasteiger partial charge in [0.15, 0.2) is 0 Å². The van der Waals surface area contributed by atoms with Gasteiger partial charge in [-0.15, -0.1) is 0 Å². The van der Waals surface area contributed by atoms with Gasteiger partial charge in [0.1, 0.15) is 11.3 Å². The summed E-state index contributed by atoms with van der Waals surface area (Å²) in [4.78, 5) is 0. The van der Waals surface area contributed by atoms with Crippen molar-refractivity contribution in [3.05, 3.63) is 35.6 Å². The van der Waals surface area contributed by atoms with Crippen molar-refractivity contribution < 1.29 is 14.3 Å². The Morgan fingerprint density at radius 1 is 1.24 bits per heavy atom. The number of furan rings is 1. The van der Waals surface area contributed by atoms with Gasteiger partial charge in [-0.1, -0.05) is 32.0 Å². The first-order valence-corrected chi connectivity index (χ1v) is 7.55. The first-order chi connectivity index (χ1) is 10.1. The van der Waals surface area contributed by atoms with Gasteiger partial charge in [0, 0.05) is 11.9 Å². The molecule has 0 amide bonds. The Hall–Kier alpha value is -1.36. The van der Waals surface area contributed by atoms with Crippen LogP contribution in [0.15, 0.2) is 28.7 Å². The van der Waals surface area contributed by atoms with E-state index in [-0.39, 0.29) is 12.6 Å². The molecule has 116 valence electrons. The van der Waals surface area contributed by atoms with Crippen LogP contribution in [-0.4, -0.2) is 31.5 Å². The molecule has 4 nitrogen and oxygen atoms in total. The summed E-state index contributed by atoms with van der Waals surface area (Å²) in [5.41, 5.74) is 2.14. The van der Waals surface area contributed by atoms with Crippen molar-refractivity contribution in [3.63, 3.8) is 0 Å². The number of fused-ring (bicyclic) bond motifs is 1. The van der Waals surface area contributed by atoms with E-state index in [2.05, 4.69) is 32.2 Å². The van der Waals surface area contributed by atoms with Crippen molar-refractivity contribution in [2.24, 2.45) is 5.92 Å². The van der Waals surface area contributed by atoms with Crippen molar-refractivity contribution in [2.75, 3.05) is 26.4 Å². The summed E-state index contributed by atoms with van der Waals surface area (Å²) in [6.45, 7) is 8.24. The lowest BCUT2D eigenvalue weighted by atomic mass is 9.98. The lowest BCUT2D eigenvalue weighted by molar-refractivity contribution is 0.0911. The first-order valence-electron chi connectivity index (χ1n) is 7.55. The molecule has 2 N–H and O–H groups in total. The van der Waals surface area contributed by atoms with Crippen molar-refractivity contribution in [3.8, 4) is 0 Å². The minimum atomic E-state index is 0.0658. The smallest absolute Gasteiger partial charge is 0.134 e. The molecule has 0 saturated heterocycles. The summed E-state index contributed by atoms with van der Waals surface area (Å²) >= 11 is 0. The minimum Gasteiger partial charge on any atom is -0.459 e. The van der Waals surface area contributed by atoms with E-state index in [0.29, 0.717) is 19.1 Å². The highest BCUT2D eigenvalue weighted by atomic mass is 16.5. The van der Waals surface area contributed by atoms with E-state index < -0.39 is 0 Å². The van der Waals surface area contributed by atoms with Gasteiger partial charge in [0.25, 0.3) is 0 Å².